The lowest BCUT2D eigenvalue weighted by Gasteiger charge is -2.19. The Morgan fingerprint density at radius 3 is 2.47 bits per heavy atom. The number of benzene rings is 2. The van der Waals surface area contributed by atoms with Gasteiger partial charge in [-0.05, 0) is 24.3 Å². The predicted octanol–water partition coefficient (Wildman–Crippen LogP) is 5.12. The van der Waals surface area contributed by atoms with Gasteiger partial charge in [-0.1, -0.05) is 48.5 Å². The molecule has 0 radical (unpaired) electrons. The highest BCUT2D eigenvalue weighted by Gasteiger charge is 2.31. The maximum atomic E-state index is 9.16. The normalized spacial score (nSPS) is 14.4. The van der Waals surface area contributed by atoms with Gasteiger partial charge in [-0.25, -0.2) is 4.68 Å². The number of nitrogens with zero attached hydrogens (tertiary/aromatic N) is 4. The highest BCUT2D eigenvalue weighted by molar-refractivity contribution is 5.82. The summed E-state index contributed by atoms with van der Waals surface area (Å²) >= 11 is 0. The van der Waals surface area contributed by atoms with Gasteiger partial charge in [0.15, 0.2) is 0 Å². The molecule has 6 nitrogen and oxygen atoms in total. The third-order valence-corrected chi connectivity index (χ3v) is 5.22. The van der Waals surface area contributed by atoms with Crippen LogP contribution in [0.1, 0.15) is 23.7 Å². The van der Waals surface area contributed by atoms with Crippen LogP contribution in [0.15, 0.2) is 79.0 Å². The number of hydrogen-bond donors (Lipinski definition) is 2. The van der Waals surface area contributed by atoms with Gasteiger partial charge in [0, 0.05) is 11.8 Å². The Labute approximate surface area is 174 Å². The molecule has 4 aromatic rings. The van der Waals surface area contributed by atoms with Gasteiger partial charge in [-0.3, -0.25) is 4.98 Å². The van der Waals surface area contributed by atoms with Crippen molar-refractivity contribution in [3.05, 3.63) is 90.3 Å². The monoisotopic (exact) mass is 392 g/mol. The highest BCUT2D eigenvalue weighted by Crippen LogP contribution is 2.43. The third-order valence-electron chi connectivity index (χ3n) is 5.22. The van der Waals surface area contributed by atoms with Gasteiger partial charge >= 0.3 is 0 Å². The fourth-order valence-electron chi connectivity index (χ4n) is 3.85. The van der Waals surface area contributed by atoms with Crippen LogP contribution in [-0.2, 0) is 6.54 Å². The molecule has 6 heteroatoms. The summed E-state index contributed by atoms with van der Waals surface area (Å²) in [5, 5.41) is 21.3. The maximum Gasteiger partial charge on any atom is 0.135 e. The van der Waals surface area contributed by atoms with Crippen molar-refractivity contribution in [3.8, 4) is 17.3 Å². The summed E-state index contributed by atoms with van der Waals surface area (Å²) in [5.41, 5.74) is 5.81. The van der Waals surface area contributed by atoms with E-state index in [1.54, 1.807) is 0 Å². The summed E-state index contributed by atoms with van der Waals surface area (Å²) < 4.78 is 1.90. The van der Waals surface area contributed by atoms with Gasteiger partial charge in [0.1, 0.15) is 11.5 Å². The fraction of sp³-hybridized carbons (Fsp3) is 0.125. The van der Waals surface area contributed by atoms with Crippen molar-refractivity contribution >= 4 is 17.2 Å². The maximum absolute atomic E-state index is 9.16. The first-order valence-electron chi connectivity index (χ1n) is 9.92. The minimum Gasteiger partial charge on any atom is -0.371 e. The molecule has 1 aliphatic rings. The van der Waals surface area contributed by atoms with E-state index in [0.29, 0.717) is 13.0 Å². The number of anilines is 3. The largest absolute Gasteiger partial charge is 0.371 e. The van der Waals surface area contributed by atoms with Crippen molar-refractivity contribution < 1.29 is 0 Å². The van der Waals surface area contributed by atoms with E-state index in [2.05, 4.69) is 39.9 Å². The Balaban J connectivity index is 1.77. The molecule has 0 unspecified atom stereocenters. The zero-order valence-corrected chi connectivity index (χ0v) is 16.3. The molecule has 1 atom stereocenters. The van der Waals surface area contributed by atoms with Crippen LogP contribution in [0.4, 0.5) is 17.2 Å². The van der Waals surface area contributed by atoms with Crippen molar-refractivity contribution in [2.24, 2.45) is 0 Å². The molecule has 0 spiro atoms. The lowest BCUT2D eigenvalue weighted by atomic mass is 9.98. The van der Waals surface area contributed by atoms with Gasteiger partial charge in [-0.15, -0.1) is 0 Å². The first-order chi connectivity index (χ1) is 14.8. The van der Waals surface area contributed by atoms with E-state index in [4.69, 9.17) is 10.4 Å². The van der Waals surface area contributed by atoms with E-state index in [1.165, 1.54) is 0 Å². The Morgan fingerprint density at radius 2 is 1.70 bits per heavy atom. The van der Waals surface area contributed by atoms with Crippen LogP contribution in [0, 0.1) is 11.3 Å². The molecule has 0 saturated carbocycles. The topological polar surface area (TPSA) is 78.6 Å². The lowest BCUT2D eigenvalue weighted by molar-refractivity contribution is 0.637. The molecule has 0 bridgehead atoms. The fourth-order valence-corrected chi connectivity index (χ4v) is 3.85. The minimum atomic E-state index is -0.191. The van der Waals surface area contributed by atoms with Crippen molar-refractivity contribution in [2.75, 3.05) is 10.6 Å². The van der Waals surface area contributed by atoms with E-state index in [1.807, 2.05) is 65.5 Å². The molecule has 1 aliphatic heterocycles. The summed E-state index contributed by atoms with van der Waals surface area (Å²) in [6.45, 7) is 0.510. The summed E-state index contributed by atoms with van der Waals surface area (Å²) in [5.74, 6) is 0.886. The Bertz CT molecular complexity index is 1210. The van der Waals surface area contributed by atoms with Crippen LogP contribution in [0.5, 0.6) is 0 Å². The molecule has 2 aromatic carbocycles. The third kappa shape index (κ3) is 3.16. The molecule has 3 heterocycles. The second-order valence-corrected chi connectivity index (χ2v) is 7.11. The van der Waals surface area contributed by atoms with Crippen LogP contribution in [0.2, 0.25) is 0 Å². The van der Waals surface area contributed by atoms with Crippen molar-refractivity contribution in [2.45, 2.75) is 19.0 Å². The van der Waals surface area contributed by atoms with Crippen molar-refractivity contribution in [1.82, 2.24) is 14.8 Å². The van der Waals surface area contributed by atoms with E-state index in [0.717, 1.165) is 39.7 Å². The molecule has 0 saturated heterocycles. The van der Waals surface area contributed by atoms with Crippen LogP contribution in [-0.4, -0.2) is 14.8 Å². The number of aryl methyl sites for hydroxylation is 1. The van der Waals surface area contributed by atoms with Gasteiger partial charge in [0.25, 0.3) is 0 Å². The molecule has 30 heavy (non-hydrogen) atoms. The zero-order chi connectivity index (χ0) is 20.3. The van der Waals surface area contributed by atoms with Crippen molar-refractivity contribution in [3.63, 3.8) is 0 Å². The molecule has 0 aliphatic carbocycles. The van der Waals surface area contributed by atoms with Crippen LogP contribution >= 0.6 is 0 Å². The summed E-state index contributed by atoms with van der Waals surface area (Å²) in [4.78, 5) is 4.64. The Hall–Kier alpha value is -4.11. The molecule has 146 valence electrons. The Kier molecular flexibility index (Phi) is 4.62. The van der Waals surface area contributed by atoms with Gasteiger partial charge in [0.05, 0.1) is 47.7 Å². The van der Waals surface area contributed by atoms with Crippen molar-refractivity contribution in [1.29, 1.82) is 5.26 Å². The van der Waals surface area contributed by atoms with E-state index in [9.17, 15) is 0 Å². The SMILES string of the molecule is N#CCCn1nc(-c2ccccc2)c2c1Nc1ccccc1N[C@@H]2c1ccccn1. The number of aromatic nitrogens is 3. The summed E-state index contributed by atoms with van der Waals surface area (Å²) in [6, 6.07) is 26.2. The minimum absolute atomic E-state index is 0.191. The molecular formula is C24H20N6. The standard InChI is InChI=1S/C24H20N6/c25-14-8-16-30-24-21(22(29-30)17-9-2-1-3-10-17)23(20-13-6-7-15-26-20)27-18-11-4-5-12-19(18)28-24/h1-7,9-13,15,23,27-28H,8,16H2/t23-/m1/s1. The number of hydrogen-bond acceptors (Lipinski definition) is 5. The molecule has 0 amide bonds. The smallest absolute Gasteiger partial charge is 0.135 e. The second kappa shape index (κ2) is 7.72. The first kappa shape index (κ1) is 18.0. The molecular weight excluding hydrogens is 372 g/mol. The van der Waals surface area contributed by atoms with Crippen LogP contribution in [0.3, 0.4) is 0 Å². The van der Waals surface area contributed by atoms with Crippen LogP contribution < -0.4 is 10.6 Å². The predicted molar refractivity (Wildman–Crippen MR) is 117 cm³/mol. The number of fused-ring (bicyclic) bond motifs is 2. The van der Waals surface area contributed by atoms with Crippen LogP contribution in [0.25, 0.3) is 11.3 Å². The average molecular weight is 392 g/mol. The molecule has 5 rings (SSSR count). The number of rotatable bonds is 4. The quantitative estimate of drug-likeness (QED) is 0.504. The number of para-hydroxylation sites is 2. The first-order valence-corrected chi connectivity index (χ1v) is 9.92. The highest BCUT2D eigenvalue weighted by atomic mass is 15.3. The zero-order valence-electron chi connectivity index (χ0n) is 16.3. The molecule has 0 fully saturated rings. The van der Waals surface area contributed by atoms with E-state index < -0.39 is 0 Å². The van der Waals surface area contributed by atoms with E-state index in [-0.39, 0.29) is 6.04 Å². The number of nitriles is 1. The summed E-state index contributed by atoms with van der Waals surface area (Å²) in [7, 11) is 0. The van der Waals surface area contributed by atoms with Gasteiger partial charge in [-0.2, -0.15) is 10.4 Å². The summed E-state index contributed by atoms with van der Waals surface area (Å²) in [6.07, 6.45) is 2.19. The van der Waals surface area contributed by atoms with Gasteiger partial charge in [0.2, 0.25) is 0 Å². The van der Waals surface area contributed by atoms with Gasteiger partial charge < -0.3 is 10.6 Å². The second-order valence-electron chi connectivity index (χ2n) is 7.11. The molecule has 2 aromatic heterocycles. The average Bonchev–Trinajstić information content (AvgIpc) is 3.06. The Morgan fingerprint density at radius 1 is 0.933 bits per heavy atom. The van der Waals surface area contributed by atoms with E-state index >= 15 is 0 Å². The lowest BCUT2D eigenvalue weighted by Crippen LogP contribution is -2.13. The number of nitrogens with one attached hydrogen (secondary N) is 2. The molecule has 2 N–H and O–H groups in total. The number of pyridine rings is 1.